The number of hydrogen-bond donors (Lipinski definition) is 1. The first-order valence-corrected chi connectivity index (χ1v) is 7.05. The van der Waals surface area contributed by atoms with E-state index in [2.05, 4.69) is 71.2 Å². The molecular weight excluding hydrogens is 218 g/mol. The van der Waals surface area contributed by atoms with E-state index in [0.29, 0.717) is 11.5 Å². The lowest BCUT2D eigenvalue weighted by Gasteiger charge is -2.30. The molecule has 0 aliphatic heterocycles. The predicted octanol–water partition coefficient (Wildman–Crippen LogP) is 4.20. The Kier molecular flexibility index (Phi) is 5.40. The lowest BCUT2D eigenvalue weighted by Crippen LogP contribution is -2.33. The molecule has 0 fully saturated rings. The number of likely N-dealkylation sites (N-methyl/N-ethyl adjacent to an activating group) is 1. The smallest absolute Gasteiger partial charge is 0.0107 e. The maximum Gasteiger partial charge on any atom is 0.0107 e. The summed E-state index contributed by atoms with van der Waals surface area (Å²) in [6, 6.07) is 9.42. The molecule has 0 radical (unpaired) electrons. The Hall–Kier alpha value is -0.820. The van der Waals surface area contributed by atoms with Gasteiger partial charge in [-0.3, -0.25) is 0 Å². The average Bonchev–Trinajstić information content (AvgIpc) is 2.26. The number of hydrogen-bond acceptors (Lipinski definition) is 1. The van der Waals surface area contributed by atoms with E-state index < -0.39 is 0 Å². The van der Waals surface area contributed by atoms with E-state index in [-0.39, 0.29) is 0 Å². The number of rotatable bonds is 5. The highest BCUT2D eigenvalue weighted by molar-refractivity contribution is 5.23. The number of aryl methyl sites for hydroxylation is 1. The highest BCUT2D eigenvalue weighted by Gasteiger charge is 2.23. The van der Waals surface area contributed by atoms with Gasteiger partial charge < -0.3 is 5.32 Å². The quantitative estimate of drug-likeness (QED) is 0.822. The van der Waals surface area contributed by atoms with Gasteiger partial charge in [0, 0.05) is 6.04 Å². The molecule has 1 N–H and O–H groups in total. The van der Waals surface area contributed by atoms with Crippen LogP contribution in [0.3, 0.4) is 0 Å². The zero-order valence-corrected chi connectivity index (χ0v) is 12.9. The van der Waals surface area contributed by atoms with E-state index >= 15 is 0 Å². The molecule has 0 saturated carbocycles. The van der Waals surface area contributed by atoms with E-state index in [4.69, 9.17) is 0 Å². The lowest BCUT2D eigenvalue weighted by molar-refractivity contribution is 0.225. The van der Waals surface area contributed by atoms with Crippen molar-refractivity contribution in [1.82, 2.24) is 5.32 Å². The second-order valence-corrected chi connectivity index (χ2v) is 6.68. The first kappa shape index (κ1) is 15.2. The Morgan fingerprint density at radius 1 is 1.22 bits per heavy atom. The fraction of sp³-hybridized carbons (Fsp3) is 0.647. The Balaban J connectivity index is 2.63. The summed E-state index contributed by atoms with van der Waals surface area (Å²) in [5, 5.41) is 3.47. The second-order valence-electron chi connectivity index (χ2n) is 6.68. The summed E-state index contributed by atoms with van der Waals surface area (Å²) >= 11 is 0. The van der Waals surface area contributed by atoms with Crippen LogP contribution < -0.4 is 5.32 Å². The van der Waals surface area contributed by atoms with E-state index in [9.17, 15) is 0 Å². The van der Waals surface area contributed by atoms with E-state index in [1.54, 1.807) is 0 Å². The Morgan fingerprint density at radius 2 is 1.89 bits per heavy atom. The molecule has 1 heteroatoms. The molecule has 0 heterocycles. The average molecular weight is 247 g/mol. The molecule has 2 unspecified atom stereocenters. The monoisotopic (exact) mass is 247 g/mol. The van der Waals surface area contributed by atoms with Gasteiger partial charge >= 0.3 is 0 Å². The van der Waals surface area contributed by atoms with Crippen LogP contribution >= 0.6 is 0 Å². The van der Waals surface area contributed by atoms with Crippen molar-refractivity contribution in [3.05, 3.63) is 35.4 Å². The molecular formula is C17H29N. The van der Waals surface area contributed by atoms with Crippen LogP contribution in [0.2, 0.25) is 0 Å². The van der Waals surface area contributed by atoms with Gasteiger partial charge in [-0.1, -0.05) is 57.5 Å². The number of benzene rings is 1. The summed E-state index contributed by atoms with van der Waals surface area (Å²) in [5.74, 6) is 0.722. The molecule has 0 amide bonds. The van der Waals surface area contributed by atoms with Crippen LogP contribution in [-0.4, -0.2) is 13.1 Å². The first-order valence-electron chi connectivity index (χ1n) is 7.05. The van der Waals surface area contributed by atoms with Crippen molar-refractivity contribution in [1.29, 1.82) is 0 Å². The SMILES string of the molecule is CNC(Cc1cccc(C)c1)CC(C)C(C)(C)C. The van der Waals surface area contributed by atoms with Gasteiger partial charge in [-0.15, -0.1) is 0 Å². The van der Waals surface area contributed by atoms with Crippen LogP contribution in [0.25, 0.3) is 0 Å². The first-order chi connectivity index (χ1) is 8.32. The third kappa shape index (κ3) is 4.81. The van der Waals surface area contributed by atoms with Crippen LogP contribution in [0.4, 0.5) is 0 Å². The molecule has 0 aliphatic carbocycles. The fourth-order valence-electron chi connectivity index (χ4n) is 2.21. The van der Waals surface area contributed by atoms with Gasteiger partial charge in [-0.05, 0) is 43.7 Å². The third-order valence-corrected chi connectivity index (χ3v) is 4.09. The van der Waals surface area contributed by atoms with Gasteiger partial charge in [0.05, 0.1) is 0 Å². The van der Waals surface area contributed by atoms with Gasteiger partial charge in [0.2, 0.25) is 0 Å². The van der Waals surface area contributed by atoms with Crippen LogP contribution in [0.15, 0.2) is 24.3 Å². The van der Waals surface area contributed by atoms with Crippen molar-refractivity contribution in [3.8, 4) is 0 Å². The summed E-state index contributed by atoms with van der Waals surface area (Å²) in [6.45, 7) is 11.5. The summed E-state index contributed by atoms with van der Waals surface area (Å²) in [7, 11) is 2.08. The Morgan fingerprint density at radius 3 is 2.39 bits per heavy atom. The van der Waals surface area contributed by atoms with Crippen LogP contribution in [0.5, 0.6) is 0 Å². The molecule has 1 rings (SSSR count). The summed E-state index contributed by atoms with van der Waals surface area (Å²) in [6.07, 6.45) is 2.35. The Bertz CT molecular complexity index is 362. The molecule has 1 aromatic carbocycles. The zero-order chi connectivity index (χ0) is 13.8. The molecule has 2 atom stereocenters. The van der Waals surface area contributed by atoms with Crippen molar-refractivity contribution in [2.24, 2.45) is 11.3 Å². The van der Waals surface area contributed by atoms with Crippen LogP contribution in [0, 0.1) is 18.3 Å². The zero-order valence-electron chi connectivity index (χ0n) is 12.9. The minimum atomic E-state index is 0.391. The minimum absolute atomic E-state index is 0.391. The molecule has 102 valence electrons. The van der Waals surface area contributed by atoms with E-state index in [0.717, 1.165) is 12.3 Å². The van der Waals surface area contributed by atoms with Gasteiger partial charge in [-0.25, -0.2) is 0 Å². The van der Waals surface area contributed by atoms with Crippen molar-refractivity contribution >= 4 is 0 Å². The maximum atomic E-state index is 3.47. The largest absolute Gasteiger partial charge is 0.317 e. The molecule has 0 saturated heterocycles. The molecule has 0 spiro atoms. The molecule has 18 heavy (non-hydrogen) atoms. The fourth-order valence-corrected chi connectivity index (χ4v) is 2.21. The van der Waals surface area contributed by atoms with Crippen molar-refractivity contribution in [3.63, 3.8) is 0 Å². The molecule has 1 nitrogen and oxygen atoms in total. The summed E-state index contributed by atoms with van der Waals surface area (Å²) in [5.41, 5.74) is 3.18. The standard InChI is InChI=1S/C17H29N/c1-13-8-7-9-15(10-13)12-16(18-6)11-14(2)17(3,4)5/h7-10,14,16,18H,11-12H2,1-6H3. The molecule has 0 bridgehead atoms. The van der Waals surface area contributed by atoms with E-state index in [1.165, 1.54) is 17.5 Å². The molecule has 1 aromatic rings. The number of nitrogens with one attached hydrogen (secondary N) is 1. The minimum Gasteiger partial charge on any atom is -0.317 e. The van der Waals surface area contributed by atoms with Crippen LogP contribution in [-0.2, 0) is 6.42 Å². The summed E-state index contributed by atoms with van der Waals surface area (Å²) < 4.78 is 0. The topological polar surface area (TPSA) is 12.0 Å². The highest BCUT2D eigenvalue weighted by Crippen LogP contribution is 2.29. The van der Waals surface area contributed by atoms with Crippen LogP contribution in [0.1, 0.15) is 45.2 Å². The highest BCUT2D eigenvalue weighted by atomic mass is 14.9. The van der Waals surface area contributed by atoms with Gasteiger partial charge in [-0.2, -0.15) is 0 Å². The Labute approximate surface area is 113 Å². The lowest BCUT2D eigenvalue weighted by atomic mass is 9.78. The predicted molar refractivity (Wildman–Crippen MR) is 81.0 cm³/mol. The maximum absolute atomic E-state index is 3.47. The second kappa shape index (κ2) is 6.38. The molecule has 0 aromatic heterocycles. The van der Waals surface area contributed by atoms with Gasteiger partial charge in [0.1, 0.15) is 0 Å². The van der Waals surface area contributed by atoms with Crippen molar-refractivity contribution < 1.29 is 0 Å². The molecule has 0 aliphatic rings. The van der Waals surface area contributed by atoms with Gasteiger partial charge in [0.15, 0.2) is 0 Å². The van der Waals surface area contributed by atoms with Crippen molar-refractivity contribution in [2.75, 3.05) is 7.05 Å². The third-order valence-electron chi connectivity index (χ3n) is 4.09. The van der Waals surface area contributed by atoms with Gasteiger partial charge in [0.25, 0.3) is 0 Å². The normalized spacial score (nSPS) is 15.4. The van der Waals surface area contributed by atoms with E-state index in [1.807, 2.05) is 0 Å². The van der Waals surface area contributed by atoms with Crippen molar-refractivity contribution in [2.45, 2.75) is 53.5 Å². The summed E-state index contributed by atoms with van der Waals surface area (Å²) in [4.78, 5) is 0.